The largest absolute Gasteiger partial charge is 0.448 e. The molecule has 1 N–H and O–H groups in total. The van der Waals surface area contributed by atoms with E-state index in [0.717, 1.165) is 21.6 Å². The summed E-state index contributed by atoms with van der Waals surface area (Å²) < 4.78 is 6.79. The van der Waals surface area contributed by atoms with Gasteiger partial charge in [0.15, 0.2) is 16.5 Å². The Bertz CT molecular complexity index is 937. The zero-order valence-electron chi connectivity index (χ0n) is 12.7. The van der Waals surface area contributed by atoms with Crippen LogP contribution in [-0.2, 0) is 6.42 Å². The SMILES string of the molecule is O=C(NCCc1ccsc1)c1ccc(-c2nc3ccccc3s2)o1. The van der Waals surface area contributed by atoms with Crippen LogP contribution in [0.3, 0.4) is 0 Å². The molecule has 0 aliphatic rings. The molecule has 120 valence electrons. The smallest absolute Gasteiger partial charge is 0.287 e. The third kappa shape index (κ3) is 3.11. The third-order valence-corrected chi connectivity index (χ3v) is 5.40. The van der Waals surface area contributed by atoms with Crippen molar-refractivity contribution in [2.75, 3.05) is 6.54 Å². The molecule has 0 atom stereocenters. The maximum absolute atomic E-state index is 12.2. The summed E-state index contributed by atoms with van der Waals surface area (Å²) >= 11 is 3.22. The molecule has 4 rings (SSSR count). The lowest BCUT2D eigenvalue weighted by molar-refractivity contribution is 0.0927. The highest BCUT2D eigenvalue weighted by atomic mass is 32.1. The summed E-state index contributed by atoms with van der Waals surface area (Å²) in [6.45, 7) is 0.590. The quantitative estimate of drug-likeness (QED) is 0.570. The van der Waals surface area contributed by atoms with Crippen LogP contribution in [0, 0.1) is 0 Å². The zero-order chi connectivity index (χ0) is 16.4. The first-order valence-electron chi connectivity index (χ1n) is 7.55. The Morgan fingerprint density at radius 3 is 2.92 bits per heavy atom. The average Bonchev–Trinajstić information content (AvgIpc) is 3.33. The highest BCUT2D eigenvalue weighted by Gasteiger charge is 2.14. The summed E-state index contributed by atoms with van der Waals surface area (Å²) in [6, 6.07) is 13.5. The fourth-order valence-corrected chi connectivity index (χ4v) is 4.03. The number of nitrogens with one attached hydrogen (secondary N) is 1. The van der Waals surface area contributed by atoms with Gasteiger partial charge in [-0.05, 0) is 53.1 Å². The number of carbonyl (C=O) groups excluding carboxylic acids is 1. The second-order valence-electron chi connectivity index (χ2n) is 5.29. The molecule has 4 nitrogen and oxygen atoms in total. The van der Waals surface area contributed by atoms with Crippen molar-refractivity contribution >= 4 is 38.8 Å². The van der Waals surface area contributed by atoms with Crippen molar-refractivity contribution in [3.63, 3.8) is 0 Å². The van der Waals surface area contributed by atoms with Gasteiger partial charge in [-0.25, -0.2) is 4.98 Å². The molecule has 0 unspecified atom stereocenters. The molecule has 6 heteroatoms. The number of furan rings is 1. The van der Waals surface area contributed by atoms with Gasteiger partial charge in [0.2, 0.25) is 0 Å². The topological polar surface area (TPSA) is 55.1 Å². The number of rotatable bonds is 5. The second-order valence-corrected chi connectivity index (χ2v) is 7.10. The lowest BCUT2D eigenvalue weighted by Gasteiger charge is -2.01. The number of nitrogens with zero attached hydrogens (tertiary/aromatic N) is 1. The van der Waals surface area contributed by atoms with Crippen LogP contribution < -0.4 is 5.32 Å². The summed E-state index contributed by atoms with van der Waals surface area (Å²) in [7, 11) is 0. The van der Waals surface area contributed by atoms with E-state index < -0.39 is 0 Å². The summed E-state index contributed by atoms with van der Waals surface area (Å²) in [5.41, 5.74) is 2.17. The van der Waals surface area contributed by atoms with Gasteiger partial charge >= 0.3 is 0 Å². The Hall–Kier alpha value is -2.44. The van der Waals surface area contributed by atoms with E-state index in [1.165, 1.54) is 5.56 Å². The van der Waals surface area contributed by atoms with Crippen molar-refractivity contribution in [1.29, 1.82) is 0 Å². The van der Waals surface area contributed by atoms with Crippen molar-refractivity contribution in [2.45, 2.75) is 6.42 Å². The van der Waals surface area contributed by atoms with Crippen LogP contribution in [0.4, 0.5) is 0 Å². The van der Waals surface area contributed by atoms with Crippen LogP contribution >= 0.6 is 22.7 Å². The fourth-order valence-electron chi connectivity index (χ4n) is 2.39. The second kappa shape index (κ2) is 6.59. The lowest BCUT2D eigenvalue weighted by atomic mass is 10.2. The van der Waals surface area contributed by atoms with E-state index in [1.807, 2.05) is 29.6 Å². The average molecular weight is 354 g/mol. The molecule has 0 aliphatic heterocycles. The molecule has 0 saturated carbocycles. The van der Waals surface area contributed by atoms with Crippen LogP contribution in [0.5, 0.6) is 0 Å². The number of aromatic nitrogens is 1. The lowest BCUT2D eigenvalue weighted by Crippen LogP contribution is -2.25. The molecule has 24 heavy (non-hydrogen) atoms. The molecule has 0 radical (unpaired) electrons. The van der Waals surface area contributed by atoms with Gasteiger partial charge in [0.25, 0.3) is 5.91 Å². The van der Waals surface area contributed by atoms with Gasteiger partial charge in [-0.1, -0.05) is 12.1 Å². The number of thiophene rings is 1. The normalized spacial score (nSPS) is 11.0. The first-order valence-corrected chi connectivity index (χ1v) is 9.30. The Kier molecular flexibility index (Phi) is 4.15. The van der Waals surface area contributed by atoms with Crippen molar-refractivity contribution < 1.29 is 9.21 Å². The summed E-state index contributed by atoms with van der Waals surface area (Å²) in [5.74, 6) is 0.742. The van der Waals surface area contributed by atoms with Crippen molar-refractivity contribution in [2.24, 2.45) is 0 Å². The van der Waals surface area contributed by atoms with Gasteiger partial charge in [0.05, 0.1) is 10.2 Å². The maximum atomic E-state index is 12.2. The van der Waals surface area contributed by atoms with Crippen molar-refractivity contribution in [1.82, 2.24) is 10.3 Å². The predicted molar refractivity (Wildman–Crippen MR) is 97.7 cm³/mol. The van der Waals surface area contributed by atoms with E-state index in [0.29, 0.717) is 18.1 Å². The van der Waals surface area contributed by atoms with Crippen molar-refractivity contribution in [3.8, 4) is 10.8 Å². The van der Waals surface area contributed by atoms with Gasteiger partial charge in [-0.15, -0.1) is 11.3 Å². The Morgan fingerprint density at radius 1 is 1.17 bits per heavy atom. The van der Waals surface area contributed by atoms with Crippen LogP contribution in [0.2, 0.25) is 0 Å². The Labute approximate surface area is 146 Å². The van der Waals surface area contributed by atoms with E-state index in [-0.39, 0.29) is 5.91 Å². The summed E-state index contributed by atoms with van der Waals surface area (Å²) in [4.78, 5) is 16.7. The number of fused-ring (bicyclic) bond motifs is 1. The van der Waals surface area contributed by atoms with Gasteiger partial charge in [0, 0.05) is 6.54 Å². The third-order valence-electron chi connectivity index (χ3n) is 3.61. The molecule has 0 saturated heterocycles. The summed E-state index contributed by atoms with van der Waals surface area (Å²) in [5, 5.41) is 7.79. The highest BCUT2D eigenvalue weighted by molar-refractivity contribution is 7.21. The van der Waals surface area contributed by atoms with Gasteiger partial charge in [-0.2, -0.15) is 11.3 Å². The van der Waals surface area contributed by atoms with Crippen molar-refractivity contribution in [3.05, 3.63) is 64.5 Å². The first-order chi connectivity index (χ1) is 11.8. The number of hydrogen-bond acceptors (Lipinski definition) is 5. The van der Waals surface area contributed by atoms with Gasteiger partial charge in [0.1, 0.15) is 0 Å². The molecule has 0 fully saturated rings. The predicted octanol–water partition coefficient (Wildman–Crippen LogP) is 4.59. The van der Waals surface area contributed by atoms with E-state index in [1.54, 1.807) is 34.8 Å². The number of benzene rings is 1. The fraction of sp³-hybridized carbons (Fsp3) is 0.111. The minimum Gasteiger partial charge on any atom is -0.448 e. The molecule has 1 aromatic carbocycles. The van der Waals surface area contributed by atoms with Gasteiger partial charge < -0.3 is 9.73 Å². The van der Waals surface area contributed by atoms with E-state index in [9.17, 15) is 4.79 Å². The zero-order valence-corrected chi connectivity index (χ0v) is 14.3. The highest BCUT2D eigenvalue weighted by Crippen LogP contribution is 2.31. The molecule has 0 bridgehead atoms. The Morgan fingerprint density at radius 2 is 2.08 bits per heavy atom. The molecular weight excluding hydrogens is 340 g/mol. The number of hydrogen-bond donors (Lipinski definition) is 1. The standard InChI is InChI=1S/C18H14N2O2S2/c21-17(19-9-7-12-8-10-23-11-12)14-5-6-15(22-14)18-20-13-3-1-2-4-16(13)24-18/h1-6,8,10-11H,7,9H2,(H,19,21). The monoisotopic (exact) mass is 354 g/mol. The maximum Gasteiger partial charge on any atom is 0.287 e. The minimum atomic E-state index is -0.197. The minimum absolute atomic E-state index is 0.197. The number of carbonyl (C=O) groups is 1. The summed E-state index contributed by atoms with van der Waals surface area (Å²) in [6.07, 6.45) is 0.820. The molecule has 3 aromatic heterocycles. The Balaban J connectivity index is 1.44. The van der Waals surface area contributed by atoms with E-state index >= 15 is 0 Å². The van der Waals surface area contributed by atoms with Crippen LogP contribution in [-0.4, -0.2) is 17.4 Å². The van der Waals surface area contributed by atoms with Crippen LogP contribution in [0.1, 0.15) is 16.1 Å². The molecule has 4 aromatic rings. The molecule has 0 aliphatic carbocycles. The molecular formula is C18H14N2O2S2. The van der Waals surface area contributed by atoms with Gasteiger partial charge in [-0.3, -0.25) is 4.79 Å². The molecule has 0 spiro atoms. The van der Waals surface area contributed by atoms with E-state index in [4.69, 9.17) is 4.42 Å². The molecule has 3 heterocycles. The van der Waals surface area contributed by atoms with Crippen LogP contribution in [0.15, 0.2) is 57.6 Å². The molecule has 1 amide bonds. The first kappa shape index (κ1) is 15.1. The van der Waals surface area contributed by atoms with E-state index in [2.05, 4.69) is 21.7 Å². The van der Waals surface area contributed by atoms with Crippen LogP contribution in [0.25, 0.3) is 21.0 Å². The number of thiazole rings is 1. The number of amides is 1. The number of para-hydroxylation sites is 1.